The van der Waals surface area contributed by atoms with Gasteiger partial charge in [0.2, 0.25) is 11.0 Å². The number of benzene rings is 1. The van der Waals surface area contributed by atoms with Gasteiger partial charge in [0.25, 0.3) is 0 Å². The van der Waals surface area contributed by atoms with E-state index in [4.69, 9.17) is 0 Å². The van der Waals surface area contributed by atoms with Crippen LogP contribution in [0.3, 0.4) is 0 Å². The minimum absolute atomic E-state index is 0.0141. The molecule has 8 heteroatoms. The van der Waals surface area contributed by atoms with Crippen molar-refractivity contribution in [3.05, 3.63) is 58.0 Å². The molecule has 0 radical (unpaired) electrons. The van der Waals surface area contributed by atoms with E-state index in [0.717, 1.165) is 40.5 Å². The number of hydrogen-bond acceptors (Lipinski definition) is 6. The standard InChI is InChI=1S/C19H18FN3OS3/c20-14-6-3-5-13(11-14)12-26-18-23-22-17(27-18)21-16(24)19(8-1-2-9-19)15-7-4-10-25-15/h3-7,10-11H,1-2,8-9,12H2,(H,21,22,24). The van der Waals surface area contributed by atoms with Crippen LogP contribution in [0.2, 0.25) is 0 Å². The number of nitrogens with zero attached hydrogens (tertiary/aromatic N) is 2. The van der Waals surface area contributed by atoms with Gasteiger partial charge in [0, 0.05) is 10.6 Å². The first kappa shape index (κ1) is 18.6. The molecule has 0 bridgehead atoms. The molecule has 27 heavy (non-hydrogen) atoms. The monoisotopic (exact) mass is 419 g/mol. The van der Waals surface area contributed by atoms with E-state index in [1.807, 2.05) is 17.5 Å². The highest BCUT2D eigenvalue weighted by Crippen LogP contribution is 2.44. The number of carbonyl (C=O) groups is 1. The fourth-order valence-corrected chi connectivity index (χ4v) is 6.10. The molecule has 2 aromatic heterocycles. The molecule has 0 aliphatic heterocycles. The van der Waals surface area contributed by atoms with Gasteiger partial charge >= 0.3 is 0 Å². The third kappa shape index (κ3) is 4.07. The van der Waals surface area contributed by atoms with Crippen LogP contribution in [0.15, 0.2) is 46.1 Å². The largest absolute Gasteiger partial charge is 0.300 e. The van der Waals surface area contributed by atoms with E-state index in [1.165, 1.54) is 35.2 Å². The summed E-state index contributed by atoms with van der Waals surface area (Å²) in [7, 11) is 0. The van der Waals surface area contributed by atoms with Crippen LogP contribution in [0, 0.1) is 5.82 Å². The zero-order valence-corrected chi connectivity index (χ0v) is 16.9. The average molecular weight is 420 g/mol. The second-order valence-electron chi connectivity index (χ2n) is 6.51. The normalized spacial score (nSPS) is 15.7. The van der Waals surface area contributed by atoms with Gasteiger partial charge in [0.1, 0.15) is 5.82 Å². The summed E-state index contributed by atoms with van der Waals surface area (Å²) in [6.45, 7) is 0. The van der Waals surface area contributed by atoms with Crippen molar-refractivity contribution < 1.29 is 9.18 Å². The number of amides is 1. The lowest BCUT2D eigenvalue weighted by atomic mass is 9.83. The van der Waals surface area contributed by atoms with Crippen LogP contribution in [-0.2, 0) is 16.0 Å². The van der Waals surface area contributed by atoms with Gasteiger partial charge in [0.05, 0.1) is 5.41 Å². The Labute approximate surface area is 169 Å². The van der Waals surface area contributed by atoms with Crippen molar-refractivity contribution in [3.8, 4) is 0 Å². The van der Waals surface area contributed by atoms with E-state index in [-0.39, 0.29) is 11.7 Å². The maximum absolute atomic E-state index is 13.3. The Balaban J connectivity index is 1.42. The minimum atomic E-state index is -0.436. The first-order valence-corrected chi connectivity index (χ1v) is 11.4. The number of nitrogens with one attached hydrogen (secondary N) is 1. The Morgan fingerprint density at radius 3 is 2.81 bits per heavy atom. The first-order valence-electron chi connectivity index (χ1n) is 8.72. The molecule has 4 nitrogen and oxygen atoms in total. The van der Waals surface area contributed by atoms with Gasteiger partial charge in [-0.25, -0.2) is 4.39 Å². The van der Waals surface area contributed by atoms with Crippen molar-refractivity contribution in [1.82, 2.24) is 10.2 Å². The van der Waals surface area contributed by atoms with Crippen molar-refractivity contribution in [2.75, 3.05) is 5.32 Å². The predicted octanol–water partition coefficient (Wildman–Crippen LogP) is 5.48. The van der Waals surface area contributed by atoms with Gasteiger partial charge in [-0.3, -0.25) is 10.1 Å². The van der Waals surface area contributed by atoms with E-state index >= 15 is 0 Å². The number of aromatic nitrogens is 2. The quantitative estimate of drug-likeness (QED) is 0.424. The molecule has 0 saturated heterocycles. The lowest BCUT2D eigenvalue weighted by Crippen LogP contribution is -2.37. The van der Waals surface area contributed by atoms with E-state index in [1.54, 1.807) is 17.4 Å². The van der Waals surface area contributed by atoms with Gasteiger partial charge in [-0.1, -0.05) is 54.1 Å². The summed E-state index contributed by atoms with van der Waals surface area (Å²) < 4.78 is 14.0. The zero-order chi connectivity index (χ0) is 18.7. The van der Waals surface area contributed by atoms with Crippen LogP contribution in [0.4, 0.5) is 9.52 Å². The molecule has 1 amide bonds. The van der Waals surface area contributed by atoms with Crippen LogP contribution in [0.5, 0.6) is 0 Å². The maximum Gasteiger partial charge on any atom is 0.237 e. The summed E-state index contributed by atoms with van der Waals surface area (Å²) in [4.78, 5) is 14.2. The van der Waals surface area contributed by atoms with Crippen molar-refractivity contribution in [2.24, 2.45) is 0 Å². The minimum Gasteiger partial charge on any atom is -0.300 e. The van der Waals surface area contributed by atoms with Gasteiger partial charge in [-0.2, -0.15) is 0 Å². The van der Waals surface area contributed by atoms with E-state index in [9.17, 15) is 9.18 Å². The fourth-order valence-electron chi connectivity index (χ4n) is 3.42. The van der Waals surface area contributed by atoms with Crippen molar-refractivity contribution in [2.45, 2.75) is 41.2 Å². The van der Waals surface area contributed by atoms with Crippen molar-refractivity contribution >= 4 is 45.5 Å². The lowest BCUT2D eigenvalue weighted by Gasteiger charge is -2.25. The van der Waals surface area contributed by atoms with Crippen molar-refractivity contribution in [1.29, 1.82) is 0 Å². The van der Waals surface area contributed by atoms with E-state index in [2.05, 4.69) is 21.6 Å². The summed E-state index contributed by atoms with van der Waals surface area (Å²) in [5, 5.41) is 13.8. The molecule has 1 aliphatic carbocycles. The number of halogens is 1. The summed E-state index contributed by atoms with van der Waals surface area (Å²) in [5.41, 5.74) is 0.456. The molecule has 140 valence electrons. The number of rotatable bonds is 6. The topological polar surface area (TPSA) is 54.9 Å². The molecule has 0 atom stereocenters. The molecular formula is C19H18FN3OS3. The Morgan fingerprint density at radius 2 is 2.07 bits per heavy atom. The van der Waals surface area contributed by atoms with Crippen LogP contribution in [-0.4, -0.2) is 16.1 Å². The molecule has 1 aromatic carbocycles. The molecule has 1 fully saturated rings. The second-order valence-corrected chi connectivity index (χ2v) is 9.66. The molecular weight excluding hydrogens is 401 g/mol. The van der Waals surface area contributed by atoms with Gasteiger partial charge in [0.15, 0.2) is 4.34 Å². The van der Waals surface area contributed by atoms with Crippen molar-refractivity contribution in [3.63, 3.8) is 0 Å². The molecule has 3 aromatic rings. The smallest absolute Gasteiger partial charge is 0.237 e. The summed E-state index contributed by atoms with van der Waals surface area (Å²) in [5.74, 6) is 0.383. The second kappa shape index (κ2) is 8.08. The van der Waals surface area contributed by atoms with E-state index in [0.29, 0.717) is 10.9 Å². The van der Waals surface area contributed by atoms with E-state index < -0.39 is 5.41 Å². The van der Waals surface area contributed by atoms with Crippen LogP contribution >= 0.6 is 34.4 Å². The predicted molar refractivity (Wildman–Crippen MR) is 109 cm³/mol. The Morgan fingerprint density at radius 1 is 1.22 bits per heavy atom. The fraction of sp³-hybridized carbons (Fsp3) is 0.316. The number of thiophene rings is 1. The SMILES string of the molecule is O=C(Nc1nnc(SCc2cccc(F)c2)s1)C1(c2cccs2)CCCC1. The number of carbonyl (C=O) groups excluding carboxylic acids is 1. The van der Waals surface area contributed by atoms with Gasteiger partial charge in [-0.05, 0) is 42.0 Å². The Kier molecular flexibility index (Phi) is 5.56. The maximum atomic E-state index is 13.3. The van der Waals surface area contributed by atoms with Crippen LogP contribution in [0.1, 0.15) is 36.1 Å². The average Bonchev–Trinajstić information content (AvgIpc) is 3.41. The van der Waals surface area contributed by atoms with Gasteiger partial charge in [-0.15, -0.1) is 21.5 Å². The number of thioether (sulfide) groups is 1. The molecule has 1 saturated carbocycles. The molecule has 0 unspecified atom stereocenters. The molecule has 0 spiro atoms. The summed E-state index contributed by atoms with van der Waals surface area (Å²) >= 11 is 4.49. The number of anilines is 1. The highest BCUT2D eigenvalue weighted by atomic mass is 32.2. The molecule has 2 heterocycles. The van der Waals surface area contributed by atoms with Crippen LogP contribution < -0.4 is 5.32 Å². The first-order chi connectivity index (χ1) is 13.2. The molecule has 4 rings (SSSR count). The van der Waals surface area contributed by atoms with Gasteiger partial charge < -0.3 is 0 Å². The highest BCUT2D eigenvalue weighted by molar-refractivity contribution is 8.00. The Hall–Kier alpha value is -1.77. The Bertz CT molecular complexity index is 920. The summed E-state index contributed by atoms with van der Waals surface area (Å²) in [6.07, 6.45) is 3.88. The lowest BCUT2D eigenvalue weighted by molar-refractivity contribution is -0.121. The summed E-state index contributed by atoms with van der Waals surface area (Å²) in [6, 6.07) is 10.6. The zero-order valence-electron chi connectivity index (χ0n) is 14.5. The van der Waals surface area contributed by atoms with Crippen LogP contribution in [0.25, 0.3) is 0 Å². The highest BCUT2D eigenvalue weighted by Gasteiger charge is 2.43. The molecule has 1 N–H and O–H groups in total. The number of hydrogen-bond donors (Lipinski definition) is 1. The molecule has 1 aliphatic rings. The third-order valence-corrected chi connectivity index (χ3v) is 7.88. The third-order valence-electron chi connectivity index (χ3n) is 4.76.